The number of carbonyl (C=O) groups is 1. The minimum Gasteiger partial charge on any atom is -0.399 e. The van der Waals surface area contributed by atoms with Gasteiger partial charge in [0.15, 0.2) is 0 Å². The average molecular weight is 265 g/mol. The summed E-state index contributed by atoms with van der Waals surface area (Å²) in [4.78, 5) is 13.7. The summed E-state index contributed by atoms with van der Waals surface area (Å²) in [5.41, 5.74) is 6.23. The third kappa shape index (κ3) is 6.79. The average Bonchev–Trinajstić information content (AvgIpc) is 2.27. The fourth-order valence-corrected chi connectivity index (χ4v) is 1.82. The van der Waals surface area contributed by atoms with Crippen molar-refractivity contribution in [2.75, 3.05) is 31.2 Å². The molecule has 0 heterocycles. The van der Waals surface area contributed by atoms with Gasteiger partial charge in [-0.25, -0.2) is 0 Å². The van der Waals surface area contributed by atoms with E-state index in [0.717, 1.165) is 5.69 Å². The first-order valence-electron chi connectivity index (χ1n) is 6.32. The molecule has 1 rings (SSSR count). The topological polar surface area (TPSA) is 78.6 Å². The second-order valence-corrected chi connectivity index (χ2v) is 5.47. The van der Waals surface area contributed by atoms with E-state index in [-0.39, 0.29) is 5.91 Å². The van der Waals surface area contributed by atoms with Gasteiger partial charge in [0.2, 0.25) is 5.91 Å². The van der Waals surface area contributed by atoms with Crippen LogP contribution in [0, 0.1) is 0 Å². The Labute approximate surface area is 114 Å². The summed E-state index contributed by atoms with van der Waals surface area (Å²) in [6, 6.07) is 7.04. The lowest BCUT2D eigenvalue weighted by Gasteiger charge is -2.25. The predicted octanol–water partition coefficient (Wildman–Crippen LogP) is 1.30. The van der Waals surface area contributed by atoms with Crippen molar-refractivity contribution >= 4 is 17.3 Å². The van der Waals surface area contributed by atoms with E-state index in [9.17, 15) is 9.90 Å². The Kier molecular flexibility index (Phi) is 5.32. The Morgan fingerprint density at radius 3 is 2.47 bits per heavy atom. The number of nitrogens with one attached hydrogen (secondary N) is 1. The van der Waals surface area contributed by atoms with Gasteiger partial charge in [-0.1, -0.05) is 0 Å². The lowest BCUT2D eigenvalue weighted by molar-refractivity contribution is -0.116. The van der Waals surface area contributed by atoms with Crippen molar-refractivity contribution in [2.45, 2.75) is 25.9 Å². The molecule has 1 aromatic rings. The van der Waals surface area contributed by atoms with Crippen LogP contribution in [-0.2, 0) is 4.79 Å². The molecule has 0 spiro atoms. The lowest BCUT2D eigenvalue weighted by Crippen LogP contribution is -2.37. The molecule has 0 unspecified atom stereocenters. The number of amides is 1. The van der Waals surface area contributed by atoms with Crippen molar-refractivity contribution < 1.29 is 9.90 Å². The number of likely N-dealkylation sites (N-methyl/N-ethyl adjacent to an activating group) is 1. The number of hydrogen-bond donors (Lipinski definition) is 3. The Hall–Kier alpha value is -1.59. The zero-order valence-electron chi connectivity index (χ0n) is 11.8. The molecular weight excluding hydrogens is 242 g/mol. The van der Waals surface area contributed by atoms with Crippen LogP contribution in [0.4, 0.5) is 11.4 Å². The van der Waals surface area contributed by atoms with E-state index in [0.29, 0.717) is 25.2 Å². The SMILES string of the molecule is CN(CCC(=O)Nc1ccc(N)cc1)CC(C)(C)O. The van der Waals surface area contributed by atoms with Crippen LogP contribution in [0.1, 0.15) is 20.3 Å². The van der Waals surface area contributed by atoms with E-state index >= 15 is 0 Å². The molecule has 0 aromatic heterocycles. The van der Waals surface area contributed by atoms with Gasteiger partial charge in [0, 0.05) is 30.9 Å². The second kappa shape index (κ2) is 6.54. The summed E-state index contributed by atoms with van der Waals surface area (Å²) in [6.45, 7) is 4.63. The number of hydrogen-bond acceptors (Lipinski definition) is 4. The zero-order valence-corrected chi connectivity index (χ0v) is 11.8. The number of benzene rings is 1. The van der Waals surface area contributed by atoms with Crippen LogP contribution in [-0.4, -0.2) is 41.7 Å². The molecule has 0 aliphatic carbocycles. The zero-order chi connectivity index (χ0) is 14.5. The highest BCUT2D eigenvalue weighted by atomic mass is 16.3. The molecule has 1 amide bonds. The number of aliphatic hydroxyl groups is 1. The number of anilines is 2. The number of nitrogen functional groups attached to an aromatic ring is 1. The molecule has 5 heteroatoms. The van der Waals surface area contributed by atoms with Gasteiger partial charge in [-0.05, 0) is 45.2 Å². The van der Waals surface area contributed by atoms with Crippen LogP contribution >= 0.6 is 0 Å². The molecule has 0 aliphatic heterocycles. The van der Waals surface area contributed by atoms with Crippen molar-refractivity contribution in [3.05, 3.63) is 24.3 Å². The Balaban J connectivity index is 2.34. The van der Waals surface area contributed by atoms with Crippen LogP contribution < -0.4 is 11.1 Å². The maximum atomic E-state index is 11.7. The van der Waals surface area contributed by atoms with Crippen LogP contribution in [0.5, 0.6) is 0 Å². The van der Waals surface area contributed by atoms with E-state index in [1.165, 1.54) is 0 Å². The third-order valence-electron chi connectivity index (χ3n) is 2.57. The summed E-state index contributed by atoms with van der Waals surface area (Å²) >= 11 is 0. The monoisotopic (exact) mass is 265 g/mol. The van der Waals surface area contributed by atoms with Gasteiger partial charge in [0.1, 0.15) is 0 Å². The second-order valence-electron chi connectivity index (χ2n) is 5.47. The quantitative estimate of drug-likeness (QED) is 0.677. The molecule has 4 N–H and O–H groups in total. The van der Waals surface area contributed by atoms with Crippen molar-refractivity contribution in [1.29, 1.82) is 0 Å². The van der Waals surface area contributed by atoms with E-state index < -0.39 is 5.60 Å². The lowest BCUT2D eigenvalue weighted by atomic mass is 10.1. The van der Waals surface area contributed by atoms with Crippen LogP contribution in [0.25, 0.3) is 0 Å². The normalized spacial score (nSPS) is 11.6. The molecule has 0 fully saturated rings. The molecule has 0 aliphatic rings. The first-order valence-corrected chi connectivity index (χ1v) is 6.32. The molecule has 0 radical (unpaired) electrons. The first kappa shape index (κ1) is 15.5. The standard InChI is InChI=1S/C14H23N3O2/c1-14(2,19)10-17(3)9-8-13(18)16-12-6-4-11(15)5-7-12/h4-7,19H,8-10,15H2,1-3H3,(H,16,18). The molecule has 0 saturated heterocycles. The molecule has 0 bridgehead atoms. The van der Waals surface area contributed by atoms with E-state index in [1.807, 2.05) is 11.9 Å². The molecule has 0 saturated carbocycles. The van der Waals surface area contributed by atoms with Crippen molar-refractivity contribution in [3.8, 4) is 0 Å². The fraction of sp³-hybridized carbons (Fsp3) is 0.500. The maximum absolute atomic E-state index is 11.7. The number of carbonyl (C=O) groups excluding carboxylic acids is 1. The van der Waals surface area contributed by atoms with E-state index in [2.05, 4.69) is 5.32 Å². The smallest absolute Gasteiger partial charge is 0.225 e. The largest absolute Gasteiger partial charge is 0.399 e. The van der Waals surface area contributed by atoms with Gasteiger partial charge in [-0.2, -0.15) is 0 Å². The highest BCUT2D eigenvalue weighted by Crippen LogP contribution is 2.11. The molecule has 1 aromatic carbocycles. The third-order valence-corrected chi connectivity index (χ3v) is 2.57. The van der Waals surface area contributed by atoms with E-state index in [1.54, 1.807) is 38.1 Å². The molecular formula is C14H23N3O2. The minimum absolute atomic E-state index is 0.0487. The molecule has 19 heavy (non-hydrogen) atoms. The molecule has 106 valence electrons. The summed E-state index contributed by atoms with van der Waals surface area (Å²) in [5, 5.41) is 12.5. The maximum Gasteiger partial charge on any atom is 0.225 e. The van der Waals surface area contributed by atoms with Crippen molar-refractivity contribution in [2.24, 2.45) is 0 Å². The minimum atomic E-state index is -0.748. The van der Waals surface area contributed by atoms with Gasteiger partial charge in [0.25, 0.3) is 0 Å². The number of nitrogens with zero attached hydrogens (tertiary/aromatic N) is 1. The van der Waals surface area contributed by atoms with Crippen LogP contribution in [0.3, 0.4) is 0 Å². The first-order chi connectivity index (χ1) is 8.76. The summed E-state index contributed by atoms with van der Waals surface area (Å²) in [6.07, 6.45) is 0.386. The number of nitrogens with two attached hydrogens (primary N) is 1. The highest BCUT2D eigenvalue weighted by Gasteiger charge is 2.15. The fourth-order valence-electron chi connectivity index (χ4n) is 1.82. The van der Waals surface area contributed by atoms with Crippen LogP contribution in [0.15, 0.2) is 24.3 Å². The van der Waals surface area contributed by atoms with Gasteiger partial charge in [-0.3, -0.25) is 4.79 Å². The summed E-state index contributed by atoms with van der Waals surface area (Å²) in [7, 11) is 1.88. The molecule has 5 nitrogen and oxygen atoms in total. The van der Waals surface area contributed by atoms with Gasteiger partial charge in [0.05, 0.1) is 5.60 Å². The van der Waals surface area contributed by atoms with Crippen LogP contribution in [0.2, 0.25) is 0 Å². The Morgan fingerprint density at radius 2 is 1.95 bits per heavy atom. The van der Waals surface area contributed by atoms with E-state index in [4.69, 9.17) is 5.73 Å². The predicted molar refractivity (Wildman–Crippen MR) is 77.9 cm³/mol. The molecule has 0 atom stereocenters. The highest BCUT2D eigenvalue weighted by molar-refractivity contribution is 5.90. The van der Waals surface area contributed by atoms with Gasteiger partial charge >= 0.3 is 0 Å². The Bertz CT molecular complexity index is 410. The van der Waals surface area contributed by atoms with Gasteiger partial charge in [-0.15, -0.1) is 0 Å². The summed E-state index contributed by atoms with van der Waals surface area (Å²) in [5.74, 6) is -0.0487. The Morgan fingerprint density at radius 1 is 1.37 bits per heavy atom. The van der Waals surface area contributed by atoms with Crippen molar-refractivity contribution in [3.63, 3.8) is 0 Å². The van der Waals surface area contributed by atoms with Crippen molar-refractivity contribution in [1.82, 2.24) is 4.90 Å². The summed E-state index contributed by atoms with van der Waals surface area (Å²) < 4.78 is 0. The van der Waals surface area contributed by atoms with Gasteiger partial charge < -0.3 is 21.1 Å². The number of rotatable bonds is 6.